The maximum atomic E-state index is 12.1. The molecule has 0 radical (unpaired) electrons. The molecule has 0 aliphatic heterocycles. The normalized spacial score (nSPS) is 12.8. The smallest absolute Gasteiger partial charge is 0.271 e. The Hall–Kier alpha value is -1.69. The minimum atomic E-state index is -0.417. The van der Waals surface area contributed by atoms with Crippen molar-refractivity contribution >= 4 is 27.5 Å². The maximum absolute atomic E-state index is 12.1. The predicted octanol–water partition coefficient (Wildman–Crippen LogP) is 0.888. The van der Waals surface area contributed by atoms with Crippen LogP contribution in [0.5, 0.6) is 0 Å². The van der Waals surface area contributed by atoms with Crippen LogP contribution in [-0.4, -0.2) is 15.5 Å². The summed E-state index contributed by atoms with van der Waals surface area (Å²) in [5.74, 6) is -0.799. The molecule has 0 spiro atoms. The fourth-order valence-electron chi connectivity index (χ4n) is 1.58. The van der Waals surface area contributed by atoms with Gasteiger partial charge in [0.1, 0.15) is 4.70 Å². The number of carbonyl (C=O) groups is 1. The number of hydrogen-bond donors (Lipinski definition) is 1. The Balaban J connectivity index is 2.46. The van der Waals surface area contributed by atoms with Crippen molar-refractivity contribution in [3.63, 3.8) is 0 Å². The highest BCUT2D eigenvalue weighted by molar-refractivity contribution is 7.17. The van der Waals surface area contributed by atoms with Crippen molar-refractivity contribution in [2.24, 2.45) is 11.7 Å². The Morgan fingerprint density at radius 2 is 2.35 bits per heavy atom. The van der Waals surface area contributed by atoms with Crippen molar-refractivity contribution < 1.29 is 4.79 Å². The number of aromatic nitrogens is 2. The third-order valence-corrected chi connectivity index (χ3v) is 3.75. The van der Waals surface area contributed by atoms with E-state index < -0.39 is 5.91 Å². The van der Waals surface area contributed by atoms with Crippen LogP contribution in [0.25, 0.3) is 10.2 Å². The standard InChI is InChI=1S/C11H13N3O2S/c1-6(10(12)15)3-14-5-13-8-7(2)4-17-9(8)11(14)16/h4-6H,3H2,1-2H3,(H2,12,15). The SMILES string of the molecule is Cc1csc2c(=O)n(CC(C)C(N)=O)cnc12. The Kier molecular flexibility index (Phi) is 2.97. The molecule has 0 aromatic carbocycles. The molecule has 1 unspecified atom stereocenters. The molecule has 0 fully saturated rings. The number of thiophene rings is 1. The van der Waals surface area contributed by atoms with E-state index in [1.165, 1.54) is 22.2 Å². The second kappa shape index (κ2) is 4.29. The van der Waals surface area contributed by atoms with Gasteiger partial charge in [-0.15, -0.1) is 11.3 Å². The average molecular weight is 251 g/mol. The van der Waals surface area contributed by atoms with Gasteiger partial charge >= 0.3 is 0 Å². The van der Waals surface area contributed by atoms with Gasteiger partial charge in [0.2, 0.25) is 5.91 Å². The monoisotopic (exact) mass is 251 g/mol. The van der Waals surface area contributed by atoms with Gasteiger partial charge < -0.3 is 5.73 Å². The van der Waals surface area contributed by atoms with E-state index >= 15 is 0 Å². The number of primary amides is 1. The van der Waals surface area contributed by atoms with Crippen LogP contribution in [0.4, 0.5) is 0 Å². The fraction of sp³-hybridized carbons (Fsp3) is 0.364. The number of fused-ring (bicyclic) bond motifs is 1. The van der Waals surface area contributed by atoms with Crippen LogP contribution in [0, 0.1) is 12.8 Å². The zero-order valence-corrected chi connectivity index (χ0v) is 10.5. The van der Waals surface area contributed by atoms with Crippen molar-refractivity contribution in [3.05, 3.63) is 27.6 Å². The number of nitrogens with two attached hydrogens (primary N) is 1. The van der Waals surface area contributed by atoms with E-state index in [0.717, 1.165) is 11.1 Å². The van der Waals surface area contributed by atoms with E-state index in [2.05, 4.69) is 4.98 Å². The van der Waals surface area contributed by atoms with Crippen LogP contribution in [-0.2, 0) is 11.3 Å². The maximum Gasteiger partial charge on any atom is 0.271 e. The molecule has 1 atom stereocenters. The van der Waals surface area contributed by atoms with Gasteiger partial charge in [0.15, 0.2) is 0 Å². The van der Waals surface area contributed by atoms with Crippen molar-refractivity contribution in [1.29, 1.82) is 0 Å². The molecule has 2 aromatic rings. The minimum Gasteiger partial charge on any atom is -0.369 e. The van der Waals surface area contributed by atoms with Gasteiger partial charge in [-0.3, -0.25) is 14.2 Å². The van der Waals surface area contributed by atoms with E-state index in [4.69, 9.17) is 5.73 Å². The molecule has 1 amide bonds. The van der Waals surface area contributed by atoms with Crippen molar-refractivity contribution in [2.75, 3.05) is 0 Å². The fourth-order valence-corrected chi connectivity index (χ4v) is 2.53. The molecule has 5 nitrogen and oxygen atoms in total. The van der Waals surface area contributed by atoms with Gasteiger partial charge in [0.05, 0.1) is 17.8 Å². The number of aryl methyl sites for hydroxylation is 1. The molecule has 0 bridgehead atoms. The van der Waals surface area contributed by atoms with Crippen molar-refractivity contribution in [2.45, 2.75) is 20.4 Å². The summed E-state index contributed by atoms with van der Waals surface area (Å²) in [7, 11) is 0. The van der Waals surface area contributed by atoms with Gasteiger partial charge in [0.25, 0.3) is 5.56 Å². The Morgan fingerprint density at radius 3 is 3.00 bits per heavy atom. The first-order valence-corrected chi connectivity index (χ1v) is 6.11. The second-order valence-corrected chi connectivity index (χ2v) is 4.98. The first-order chi connectivity index (χ1) is 8.00. The minimum absolute atomic E-state index is 0.110. The Labute approximate surface area is 102 Å². The van der Waals surface area contributed by atoms with Gasteiger partial charge in [0, 0.05) is 6.54 Å². The van der Waals surface area contributed by atoms with E-state index in [1.54, 1.807) is 6.92 Å². The first-order valence-electron chi connectivity index (χ1n) is 5.23. The summed E-state index contributed by atoms with van der Waals surface area (Å²) in [5, 5.41) is 1.90. The first kappa shape index (κ1) is 11.8. The van der Waals surface area contributed by atoms with Crippen LogP contribution in [0.15, 0.2) is 16.5 Å². The number of rotatable bonds is 3. The number of hydrogen-bond acceptors (Lipinski definition) is 4. The molecule has 2 aromatic heterocycles. The number of amides is 1. The van der Waals surface area contributed by atoms with Crippen molar-refractivity contribution in [3.8, 4) is 0 Å². The lowest BCUT2D eigenvalue weighted by Crippen LogP contribution is -2.29. The quantitative estimate of drug-likeness (QED) is 0.879. The number of nitrogens with zero attached hydrogens (tertiary/aromatic N) is 2. The molecule has 0 saturated heterocycles. The molecule has 0 aliphatic rings. The zero-order chi connectivity index (χ0) is 12.6. The Bertz CT molecular complexity index is 629. The molecule has 2 N–H and O–H groups in total. The summed E-state index contributed by atoms with van der Waals surface area (Å²) < 4.78 is 2.06. The van der Waals surface area contributed by atoms with Crippen LogP contribution >= 0.6 is 11.3 Å². The molecule has 2 rings (SSSR count). The third kappa shape index (κ3) is 2.08. The Morgan fingerprint density at radius 1 is 1.65 bits per heavy atom. The highest BCUT2D eigenvalue weighted by Gasteiger charge is 2.13. The molecule has 6 heteroatoms. The van der Waals surface area contributed by atoms with E-state index in [0.29, 0.717) is 4.70 Å². The van der Waals surface area contributed by atoms with Gasteiger partial charge in [-0.25, -0.2) is 4.98 Å². The lowest BCUT2D eigenvalue weighted by molar-refractivity contribution is -0.121. The summed E-state index contributed by atoms with van der Waals surface area (Å²) in [6.07, 6.45) is 1.48. The van der Waals surface area contributed by atoms with E-state index in [9.17, 15) is 9.59 Å². The predicted molar refractivity (Wildman–Crippen MR) is 67.0 cm³/mol. The topological polar surface area (TPSA) is 78.0 Å². The average Bonchev–Trinajstić information content (AvgIpc) is 2.65. The molecule has 0 aliphatic carbocycles. The molecule has 90 valence electrons. The highest BCUT2D eigenvalue weighted by atomic mass is 32.1. The van der Waals surface area contributed by atoms with Crippen molar-refractivity contribution in [1.82, 2.24) is 9.55 Å². The lowest BCUT2D eigenvalue weighted by atomic mass is 10.2. The molecule has 2 heterocycles. The third-order valence-electron chi connectivity index (χ3n) is 2.68. The molecular weight excluding hydrogens is 238 g/mol. The molecule has 17 heavy (non-hydrogen) atoms. The van der Waals surface area contributed by atoms with Gasteiger partial charge in [-0.05, 0) is 17.9 Å². The summed E-state index contributed by atoms with van der Waals surface area (Å²) >= 11 is 1.38. The summed E-state index contributed by atoms with van der Waals surface area (Å²) in [4.78, 5) is 27.3. The largest absolute Gasteiger partial charge is 0.369 e. The highest BCUT2D eigenvalue weighted by Crippen LogP contribution is 2.19. The van der Waals surface area contributed by atoms with Crippen LogP contribution < -0.4 is 11.3 Å². The summed E-state index contributed by atoms with van der Waals surface area (Å²) in [6.45, 7) is 3.88. The lowest BCUT2D eigenvalue weighted by Gasteiger charge is -2.09. The summed E-state index contributed by atoms with van der Waals surface area (Å²) in [6, 6.07) is 0. The van der Waals surface area contributed by atoms with E-state index in [1.807, 2.05) is 12.3 Å². The van der Waals surface area contributed by atoms with Crippen LogP contribution in [0.3, 0.4) is 0 Å². The van der Waals surface area contributed by atoms with Crippen LogP contribution in [0.2, 0.25) is 0 Å². The van der Waals surface area contributed by atoms with Crippen LogP contribution in [0.1, 0.15) is 12.5 Å². The second-order valence-electron chi connectivity index (χ2n) is 4.10. The molecular formula is C11H13N3O2S. The van der Waals surface area contributed by atoms with Gasteiger partial charge in [-0.1, -0.05) is 6.92 Å². The van der Waals surface area contributed by atoms with Gasteiger partial charge in [-0.2, -0.15) is 0 Å². The molecule has 0 saturated carbocycles. The number of carbonyl (C=O) groups excluding carboxylic acids is 1. The zero-order valence-electron chi connectivity index (χ0n) is 9.64. The van der Waals surface area contributed by atoms with E-state index in [-0.39, 0.29) is 18.0 Å². The summed E-state index contributed by atoms with van der Waals surface area (Å²) in [5.41, 5.74) is 6.80.